The molecular formula is C18H18N4O2. The van der Waals surface area contributed by atoms with Gasteiger partial charge < -0.3 is 15.1 Å². The summed E-state index contributed by atoms with van der Waals surface area (Å²) in [4.78, 5) is 20.4. The molecule has 1 aromatic carbocycles. The maximum Gasteiger partial charge on any atom is 0.271 e. The van der Waals surface area contributed by atoms with Crippen molar-refractivity contribution in [3.8, 4) is 0 Å². The summed E-state index contributed by atoms with van der Waals surface area (Å²) in [7, 11) is 0. The third kappa shape index (κ3) is 3.98. The number of carbonyl (C=O) groups is 1. The number of amides is 1. The maximum atomic E-state index is 12.0. The molecule has 6 nitrogen and oxygen atoms in total. The predicted octanol–water partition coefficient (Wildman–Crippen LogP) is 2.92. The van der Waals surface area contributed by atoms with Crippen molar-refractivity contribution < 1.29 is 9.21 Å². The number of hydrogen-bond acceptors (Lipinski definition) is 5. The molecule has 122 valence electrons. The molecule has 0 aliphatic rings. The first-order valence-electron chi connectivity index (χ1n) is 7.63. The zero-order valence-electron chi connectivity index (χ0n) is 13.3. The molecule has 2 N–H and O–H groups in total. The van der Waals surface area contributed by atoms with Crippen molar-refractivity contribution in [1.29, 1.82) is 0 Å². The summed E-state index contributed by atoms with van der Waals surface area (Å²) in [5, 5.41) is 5.93. The Morgan fingerprint density at radius 2 is 1.96 bits per heavy atom. The van der Waals surface area contributed by atoms with E-state index in [2.05, 4.69) is 39.7 Å². The van der Waals surface area contributed by atoms with Gasteiger partial charge in [-0.1, -0.05) is 24.3 Å². The van der Waals surface area contributed by atoms with Gasteiger partial charge in [-0.05, 0) is 30.2 Å². The summed E-state index contributed by atoms with van der Waals surface area (Å²) >= 11 is 0. The average molecular weight is 322 g/mol. The molecule has 6 heteroatoms. The van der Waals surface area contributed by atoms with Crippen molar-refractivity contribution in [1.82, 2.24) is 15.3 Å². The monoisotopic (exact) mass is 322 g/mol. The molecule has 0 radical (unpaired) electrons. The van der Waals surface area contributed by atoms with Gasteiger partial charge in [0.05, 0.1) is 25.2 Å². The lowest BCUT2D eigenvalue weighted by atomic mass is 10.1. The molecule has 0 unspecified atom stereocenters. The fourth-order valence-corrected chi connectivity index (χ4v) is 2.20. The molecule has 0 saturated heterocycles. The summed E-state index contributed by atoms with van der Waals surface area (Å²) in [6.45, 7) is 3.04. The van der Waals surface area contributed by atoms with Crippen molar-refractivity contribution in [2.75, 3.05) is 5.32 Å². The molecule has 2 aromatic heterocycles. The first-order valence-corrected chi connectivity index (χ1v) is 7.63. The van der Waals surface area contributed by atoms with Crippen LogP contribution in [0.3, 0.4) is 0 Å². The van der Waals surface area contributed by atoms with Crippen LogP contribution in [0.15, 0.2) is 59.5 Å². The zero-order valence-corrected chi connectivity index (χ0v) is 13.3. The number of nitrogens with zero attached hydrogens (tertiary/aromatic N) is 2. The Morgan fingerprint density at radius 3 is 2.67 bits per heavy atom. The number of aryl methyl sites for hydroxylation is 1. The summed E-state index contributed by atoms with van der Waals surface area (Å²) < 4.78 is 5.16. The number of hydrogen-bond donors (Lipinski definition) is 2. The number of nitrogens with one attached hydrogen (secondary N) is 2. The van der Waals surface area contributed by atoms with Crippen LogP contribution in [0.4, 0.5) is 5.82 Å². The Balaban J connectivity index is 1.55. The first kappa shape index (κ1) is 15.7. The van der Waals surface area contributed by atoms with E-state index in [4.69, 9.17) is 4.42 Å². The van der Waals surface area contributed by atoms with Crippen LogP contribution >= 0.6 is 0 Å². The highest BCUT2D eigenvalue weighted by atomic mass is 16.3. The summed E-state index contributed by atoms with van der Waals surface area (Å²) in [5.41, 5.74) is 2.68. The lowest BCUT2D eigenvalue weighted by molar-refractivity contribution is 0.0942. The molecular weight excluding hydrogens is 304 g/mol. The van der Waals surface area contributed by atoms with Gasteiger partial charge in [-0.25, -0.2) is 9.97 Å². The van der Waals surface area contributed by atoms with E-state index in [1.807, 2.05) is 12.1 Å². The second-order valence-electron chi connectivity index (χ2n) is 5.33. The minimum absolute atomic E-state index is 0.267. The standard InChI is InChI=1S/C18H18N4O2/c1-13-5-2-3-6-14(13)9-20-17-12-19-16(11-21-17)18(23)22-10-15-7-4-8-24-15/h2-8,11-12H,9-10H2,1H3,(H,20,21)(H,22,23). The Labute approximate surface area is 140 Å². The molecule has 0 aliphatic heterocycles. The summed E-state index contributed by atoms with van der Waals surface area (Å²) in [5.74, 6) is 1.03. The quantitative estimate of drug-likeness (QED) is 0.729. The van der Waals surface area contributed by atoms with Crippen LogP contribution < -0.4 is 10.6 Å². The molecule has 0 fully saturated rings. The number of aromatic nitrogens is 2. The van der Waals surface area contributed by atoms with Crippen LogP contribution in [0.1, 0.15) is 27.4 Å². The van der Waals surface area contributed by atoms with Gasteiger partial charge in [0.15, 0.2) is 0 Å². The Bertz CT molecular complexity index is 798. The molecule has 2 heterocycles. The normalized spacial score (nSPS) is 10.4. The van der Waals surface area contributed by atoms with Crippen LogP contribution in [0.5, 0.6) is 0 Å². The number of furan rings is 1. The van der Waals surface area contributed by atoms with E-state index in [1.54, 1.807) is 24.6 Å². The number of rotatable bonds is 6. The van der Waals surface area contributed by atoms with Gasteiger partial charge in [0.1, 0.15) is 17.3 Å². The molecule has 0 atom stereocenters. The molecule has 24 heavy (non-hydrogen) atoms. The second kappa shape index (κ2) is 7.41. The van der Waals surface area contributed by atoms with E-state index in [-0.39, 0.29) is 11.6 Å². The van der Waals surface area contributed by atoms with Crippen LogP contribution in [-0.2, 0) is 13.1 Å². The van der Waals surface area contributed by atoms with Gasteiger partial charge >= 0.3 is 0 Å². The van der Waals surface area contributed by atoms with E-state index < -0.39 is 0 Å². The van der Waals surface area contributed by atoms with E-state index in [0.717, 1.165) is 0 Å². The van der Waals surface area contributed by atoms with Crippen molar-refractivity contribution in [3.63, 3.8) is 0 Å². The van der Waals surface area contributed by atoms with Crippen LogP contribution in [0.2, 0.25) is 0 Å². The van der Waals surface area contributed by atoms with Gasteiger partial charge in [-0.3, -0.25) is 4.79 Å². The fraction of sp³-hybridized carbons (Fsp3) is 0.167. The minimum Gasteiger partial charge on any atom is -0.467 e. The van der Waals surface area contributed by atoms with E-state index >= 15 is 0 Å². The van der Waals surface area contributed by atoms with Crippen molar-refractivity contribution >= 4 is 11.7 Å². The highest BCUT2D eigenvalue weighted by Gasteiger charge is 2.08. The number of benzene rings is 1. The van der Waals surface area contributed by atoms with Crippen molar-refractivity contribution in [3.05, 3.63) is 77.6 Å². The Kier molecular flexibility index (Phi) is 4.86. The number of carbonyl (C=O) groups excluding carboxylic acids is 1. The highest BCUT2D eigenvalue weighted by Crippen LogP contribution is 2.10. The van der Waals surface area contributed by atoms with Crippen LogP contribution in [0, 0.1) is 6.92 Å². The minimum atomic E-state index is -0.288. The maximum absolute atomic E-state index is 12.0. The molecule has 1 amide bonds. The molecule has 0 bridgehead atoms. The largest absolute Gasteiger partial charge is 0.467 e. The van der Waals surface area contributed by atoms with Gasteiger partial charge in [-0.2, -0.15) is 0 Å². The van der Waals surface area contributed by atoms with Gasteiger partial charge in [0.2, 0.25) is 0 Å². The van der Waals surface area contributed by atoms with Gasteiger partial charge in [-0.15, -0.1) is 0 Å². The lowest BCUT2D eigenvalue weighted by Gasteiger charge is -2.08. The molecule has 0 aliphatic carbocycles. The lowest BCUT2D eigenvalue weighted by Crippen LogP contribution is -2.23. The van der Waals surface area contributed by atoms with Gasteiger partial charge in [0.25, 0.3) is 5.91 Å². The van der Waals surface area contributed by atoms with Crippen LogP contribution in [0.25, 0.3) is 0 Å². The summed E-state index contributed by atoms with van der Waals surface area (Å²) in [6, 6.07) is 11.7. The van der Waals surface area contributed by atoms with E-state index in [1.165, 1.54) is 17.3 Å². The van der Waals surface area contributed by atoms with Crippen molar-refractivity contribution in [2.45, 2.75) is 20.0 Å². The summed E-state index contributed by atoms with van der Waals surface area (Å²) in [6.07, 6.45) is 4.58. The Morgan fingerprint density at radius 1 is 1.08 bits per heavy atom. The van der Waals surface area contributed by atoms with Gasteiger partial charge in [0, 0.05) is 6.54 Å². The Hall–Kier alpha value is -3.15. The molecule has 0 spiro atoms. The first-order chi connectivity index (χ1) is 11.7. The molecule has 0 saturated carbocycles. The van der Waals surface area contributed by atoms with E-state index in [9.17, 15) is 4.79 Å². The third-order valence-electron chi connectivity index (χ3n) is 3.61. The molecule has 3 rings (SSSR count). The highest BCUT2D eigenvalue weighted by molar-refractivity contribution is 5.91. The molecule has 3 aromatic rings. The second-order valence-corrected chi connectivity index (χ2v) is 5.33. The van der Waals surface area contributed by atoms with E-state index in [0.29, 0.717) is 24.7 Å². The number of anilines is 1. The topological polar surface area (TPSA) is 80.0 Å². The van der Waals surface area contributed by atoms with Crippen LogP contribution in [-0.4, -0.2) is 15.9 Å². The zero-order chi connectivity index (χ0) is 16.8. The SMILES string of the molecule is Cc1ccccc1CNc1cnc(C(=O)NCc2ccco2)cn1. The smallest absolute Gasteiger partial charge is 0.271 e. The average Bonchev–Trinajstić information content (AvgIpc) is 3.13. The fourth-order valence-electron chi connectivity index (χ4n) is 2.20. The predicted molar refractivity (Wildman–Crippen MR) is 90.4 cm³/mol. The van der Waals surface area contributed by atoms with Crippen molar-refractivity contribution in [2.24, 2.45) is 0 Å². The third-order valence-corrected chi connectivity index (χ3v) is 3.61.